The van der Waals surface area contributed by atoms with Crippen LogP contribution in [-0.4, -0.2) is 36.0 Å². The number of hydrogen-bond acceptors (Lipinski definition) is 8. The van der Waals surface area contributed by atoms with Gasteiger partial charge in [-0.1, -0.05) is 36.4 Å². The molecule has 7 nitrogen and oxygen atoms in total. The lowest BCUT2D eigenvalue weighted by molar-refractivity contribution is -0.630. The topological polar surface area (TPSA) is 102 Å². The molecule has 0 fully saturated rings. The second kappa shape index (κ2) is 8.21. The number of Topliss-reactive ketones (excluding diaryl/α,β-unsaturated/α-hetero) is 2. The molecule has 0 N–H and O–H groups in total. The number of allylic oxidation sites excluding steroid dienone is 4. The lowest BCUT2D eigenvalue weighted by Gasteiger charge is -2.29. The molecule has 148 valence electrons. The maximum Gasteiger partial charge on any atom is 0.412 e. The van der Waals surface area contributed by atoms with Gasteiger partial charge in [0.15, 0.2) is 11.6 Å². The van der Waals surface area contributed by atoms with Crippen LogP contribution in [0.15, 0.2) is 42.5 Å². The molecule has 0 saturated heterocycles. The minimum absolute atomic E-state index is 0.0947. The highest BCUT2D eigenvalue weighted by atomic mass is 32.2. The Morgan fingerprint density at radius 1 is 1.11 bits per heavy atom. The number of carbonyl (C=O) groups excluding carboxylic acids is 3. The fraction of sp³-hybridized carbons (Fsp3) is 0.278. The summed E-state index contributed by atoms with van der Waals surface area (Å²) < 4.78 is 38.8. The number of esters is 1. The van der Waals surface area contributed by atoms with Gasteiger partial charge in [-0.3, -0.25) is 9.59 Å². The van der Waals surface area contributed by atoms with Gasteiger partial charge in [0.25, 0.3) is 0 Å². The van der Waals surface area contributed by atoms with Gasteiger partial charge in [0, 0.05) is 5.56 Å². The Kier molecular flexibility index (Phi) is 5.92. The molecular formula is C18H13F2O7S-. The van der Waals surface area contributed by atoms with Gasteiger partial charge in [-0.25, -0.2) is 4.79 Å². The van der Waals surface area contributed by atoms with E-state index in [2.05, 4.69) is 9.07 Å². The summed E-state index contributed by atoms with van der Waals surface area (Å²) in [6.45, 7) is -0.902. The van der Waals surface area contributed by atoms with Crippen molar-refractivity contribution in [3.8, 4) is 5.75 Å². The van der Waals surface area contributed by atoms with Crippen molar-refractivity contribution in [3.05, 3.63) is 53.6 Å². The highest BCUT2D eigenvalue weighted by molar-refractivity contribution is 7.96. The number of halogens is 2. The molecule has 1 aromatic rings. The largest absolute Gasteiger partial charge is 0.710 e. The summed E-state index contributed by atoms with van der Waals surface area (Å²) in [7, 11) is 0. The normalized spacial score (nSPS) is 20.5. The monoisotopic (exact) mass is 411 g/mol. The van der Waals surface area contributed by atoms with E-state index in [1.54, 1.807) is 24.3 Å². The van der Waals surface area contributed by atoms with Crippen molar-refractivity contribution in [1.82, 2.24) is 0 Å². The third-order valence-corrected chi connectivity index (χ3v) is 4.67. The van der Waals surface area contributed by atoms with Gasteiger partial charge in [0.2, 0.25) is 0 Å². The quantitative estimate of drug-likeness (QED) is 0.220. The van der Waals surface area contributed by atoms with E-state index in [0.717, 1.165) is 0 Å². The van der Waals surface area contributed by atoms with Crippen molar-refractivity contribution in [2.45, 2.75) is 5.25 Å². The lowest BCUT2D eigenvalue weighted by atomic mass is 9.72. The summed E-state index contributed by atoms with van der Waals surface area (Å²) in [4.78, 5) is 36.6. The predicted molar refractivity (Wildman–Crippen MR) is 90.4 cm³/mol. The number of carbonyl (C=O) groups is 3. The number of ketones is 2. The first-order valence-electron chi connectivity index (χ1n) is 8.08. The summed E-state index contributed by atoms with van der Waals surface area (Å²) >= 11 is -0.873. The number of ether oxygens (including phenoxy) is 2. The van der Waals surface area contributed by atoms with Crippen molar-refractivity contribution in [2.24, 2.45) is 11.8 Å². The van der Waals surface area contributed by atoms with Crippen LogP contribution < -0.4 is 9.99 Å². The van der Waals surface area contributed by atoms with Gasteiger partial charge < -0.3 is 19.1 Å². The van der Waals surface area contributed by atoms with Crippen LogP contribution >= 0.6 is 12.0 Å². The minimum atomic E-state index is -4.15. The summed E-state index contributed by atoms with van der Waals surface area (Å²) in [6.07, 6.45) is 6.71. The van der Waals surface area contributed by atoms with E-state index in [4.69, 9.17) is 4.74 Å². The highest BCUT2D eigenvalue weighted by Gasteiger charge is 2.43. The Hall–Kier alpha value is -2.56. The first-order valence-corrected chi connectivity index (χ1v) is 8.83. The van der Waals surface area contributed by atoms with Crippen LogP contribution in [-0.2, 0) is 13.9 Å². The zero-order valence-corrected chi connectivity index (χ0v) is 14.9. The predicted octanol–water partition coefficient (Wildman–Crippen LogP) is 1.88. The Labute approximate surface area is 162 Å². The molecule has 0 aromatic heterocycles. The van der Waals surface area contributed by atoms with Gasteiger partial charge in [0.05, 0.1) is 29.4 Å². The van der Waals surface area contributed by atoms with Gasteiger partial charge in [-0.2, -0.15) is 8.78 Å². The minimum Gasteiger partial charge on any atom is -0.710 e. The number of alkyl halides is 2. The van der Waals surface area contributed by atoms with Crippen LogP contribution in [0.4, 0.5) is 8.78 Å². The fourth-order valence-electron chi connectivity index (χ4n) is 3.01. The van der Waals surface area contributed by atoms with E-state index in [1.165, 1.54) is 18.2 Å². The summed E-state index contributed by atoms with van der Waals surface area (Å²) in [6, 6.07) is 4.51. The third-order valence-electron chi connectivity index (χ3n) is 4.23. The third kappa shape index (κ3) is 3.84. The molecule has 0 saturated carbocycles. The van der Waals surface area contributed by atoms with Crippen LogP contribution in [0.1, 0.15) is 20.7 Å². The molecule has 0 heterocycles. The van der Waals surface area contributed by atoms with Crippen molar-refractivity contribution >= 4 is 29.6 Å². The molecule has 28 heavy (non-hydrogen) atoms. The molecule has 0 spiro atoms. The average Bonchev–Trinajstić information content (AvgIpc) is 2.69. The average molecular weight is 411 g/mol. The molecule has 2 atom stereocenters. The molecule has 0 aliphatic heterocycles. The second-order valence-corrected chi connectivity index (χ2v) is 6.70. The van der Waals surface area contributed by atoms with E-state index in [9.17, 15) is 28.4 Å². The van der Waals surface area contributed by atoms with E-state index >= 15 is 0 Å². The number of hydrogen-bond donors (Lipinski definition) is 0. The second-order valence-electron chi connectivity index (χ2n) is 5.88. The van der Waals surface area contributed by atoms with Crippen LogP contribution in [0.5, 0.6) is 5.75 Å². The van der Waals surface area contributed by atoms with Crippen molar-refractivity contribution < 1.29 is 42.2 Å². The molecule has 0 radical (unpaired) electrons. The number of rotatable bonds is 7. The SMILES string of the molecule is O=C1c2cccc(OCCOC(=O)C(F)(F)SO[O-])c2C(=O)C2C=CC=CC12. The molecule has 0 bridgehead atoms. The molecule has 1 aromatic carbocycles. The van der Waals surface area contributed by atoms with E-state index in [-0.39, 0.29) is 35.0 Å². The van der Waals surface area contributed by atoms with Gasteiger partial charge in [-0.05, 0) is 6.07 Å². The highest BCUT2D eigenvalue weighted by Crippen LogP contribution is 2.38. The Morgan fingerprint density at radius 2 is 1.79 bits per heavy atom. The fourth-order valence-corrected chi connectivity index (χ4v) is 3.22. The molecule has 3 rings (SSSR count). The maximum absolute atomic E-state index is 13.1. The van der Waals surface area contributed by atoms with Crippen LogP contribution in [0.25, 0.3) is 0 Å². The van der Waals surface area contributed by atoms with Gasteiger partial charge in [0.1, 0.15) is 19.0 Å². The molecule has 2 aliphatic rings. The molecule has 0 amide bonds. The zero-order chi connectivity index (χ0) is 20.3. The van der Waals surface area contributed by atoms with E-state index in [0.29, 0.717) is 0 Å². The lowest BCUT2D eigenvalue weighted by Crippen LogP contribution is -2.35. The standard InChI is InChI=1S/C18H14F2O7S/c19-18(20,28-27-24)17(23)26-9-8-25-13-7-3-6-12-14(13)16(22)11-5-2-1-4-10(11)15(12)21/h1-7,10-11,24H,8-9H2/p-1. The maximum atomic E-state index is 13.1. The van der Waals surface area contributed by atoms with Crippen molar-refractivity contribution in [1.29, 1.82) is 0 Å². The van der Waals surface area contributed by atoms with E-state index < -0.39 is 41.7 Å². The Morgan fingerprint density at radius 3 is 2.46 bits per heavy atom. The van der Waals surface area contributed by atoms with Crippen LogP contribution in [0.2, 0.25) is 0 Å². The Balaban J connectivity index is 1.69. The smallest absolute Gasteiger partial charge is 0.412 e. The Bertz CT molecular complexity index is 865. The van der Waals surface area contributed by atoms with Crippen LogP contribution in [0.3, 0.4) is 0 Å². The summed E-state index contributed by atoms with van der Waals surface area (Å²) in [5, 5.41) is 5.59. The molecule has 2 unspecified atom stereocenters. The van der Waals surface area contributed by atoms with Gasteiger partial charge >= 0.3 is 11.2 Å². The van der Waals surface area contributed by atoms with Crippen molar-refractivity contribution in [2.75, 3.05) is 13.2 Å². The first kappa shape index (κ1) is 20.2. The first-order chi connectivity index (χ1) is 13.4. The molecule has 10 heteroatoms. The summed E-state index contributed by atoms with van der Waals surface area (Å²) in [5.74, 6) is -3.56. The van der Waals surface area contributed by atoms with Gasteiger partial charge in [-0.15, -0.1) is 0 Å². The van der Waals surface area contributed by atoms with E-state index in [1.807, 2.05) is 0 Å². The summed E-state index contributed by atoms with van der Waals surface area (Å²) in [5.41, 5.74) is 0.330. The number of benzene rings is 1. The number of fused-ring (bicyclic) bond motifs is 2. The molecular weight excluding hydrogens is 398 g/mol. The zero-order valence-electron chi connectivity index (χ0n) is 14.1. The molecule has 2 aliphatic carbocycles. The van der Waals surface area contributed by atoms with Crippen molar-refractivity contribution in [3.63, 3.8) is 0 Å². The van der Waals surface area contributed by atoms with Crippen LogP contribution in [0, 0.1) is 11.8 Å².